The molecule has 0 saturated carbocycles. The van der Waals surface area contributed by atoms with E-state index in [0.717, 1.165) is 25.7 Å². The van der Waals surface area contributed by atoms with Gasteiger partial charge in [-0.15, -0.1) is 22.7 Å². The Labute approximate surface area is 198 Å². The van der Waals surface area contributed by atoms with Crippen molar-refractivity contribution in [2.75, 3.05) is 19.6 Å². The number of para-hydroxylation sites is 1. The van der Waals surface area contributed by atoms with Crippen LogP contribution in [0.4, 0.5) is 0 Å². The second-order valence-corrected chi connectivity index (χ2v) is 9.72. The highest BCUT2D eigenvalue weighted by molar-refractivity contribution is 7.26. The summed E-state index contributed by atoms with van der Waals surface area (Å²) >= 11 is 3.03. The van der Waals surface area contributed by atoms with Crippen LogP contribution < -0.4 is 10.6 Å². The van der Waals surface area contributed by atoms with E-state index in [9.17, 15) is 14.4 Å². The Morgan fingerprint density at radius 3 is 2.64 bits per heavy atom. The molecule has 9 heteroatoms. The third-order valence-corrected chi connectivity index (χ3v) is 7.60. The molecule has 0 aliphatic carbocycles. The van der Waals surface area contributed by atoms with Crippen molar-refractivity contribution in [3.63, 3.8) is 0 Å². The summed E-state index contributed by atoms with van der Waals surface area (Å²) in [6.07, 6.45) is 0. The molecule has 3 heterocycles. The van der Waals surface area contributed by atoms with Crippen LogP contribution in [0.5, 0.6) is 0 Å². The van der Waals surface area contributed by atoms with Gasteiger partial charge in [0.25, 0.3) is 11.8 Å². The number of amides is 3. The summed E-state index contributed by atoms with van der Waals surface area (Å²) in [5.41, 5.74) is 2.38. The molecule has 2 N–H and O–H groups in total. The number of thiazole rings is 1. The highest BCUT2D eigenvalue weighted by Gasteiger charge is 2.22. The highest BCUT2D eigenvalue weighted by atomic mass is 32.1. The van der Waals surface area contributed by atoms with Crippen LogP contribution in [0.15, 0.2) is 60.7 Å². The molecule has 1 fully saturated rings. The van der Waals surface area contributed by atoms with E-state index in [1.54, 1.807) is 23.5 Å². The van der Waals surface area contributed by atoms with Crippen molar-refractivity contribution in [1.82, 2.24) is 20.5 Å². The van der Waals surface area contributed by atoms with E-state index < -0.39 is 0 Å². The Hall–Kier alpha value is -3.56. The van der Waals surface area contributed by atoms with Gasteiger partial charge < -0.3 is 15.5 Å². The van der Waals surface area contributed by atoms with Crippen molar-refractivity contribution >= 4 is 50.6 Å². The molecule has 0 spiro atoms. The second kappa shape index (κ2) is 9.13. The number of nitrogens with one attached hydrogen (secondary N) is 2. The number of piperazine rings is 1. The fraction of sp³-hybridized carbons (Fsp3) is 0.167. The van der Waals surface area contributed by atoms with E-state index in [1.807, 2.05) is 48.5 Å². The average Bonchev–Trinajstić information content (AvgIpc) is 3.50. The first-order valence-electron chi connectivity index (χ1n) is 10.5. The van der Waals surface area contributed by atoms with E-state index in [0.29, 0.717) is 30.1 Å². The fourth-order valence-corrected chi connectivity index (χ4v) is 5.52. The number of hydrogen-bond acceptors (Lipinski definition) is 6. The zero-order valence-corrected chi connectivity index (χ0v) is 19.2. The van der Waals surface area contributed by atoms with Gasteiger partial charge in [-0.2, -0.15) is 0 Å². The predicted molar refractivity (Wildman–Crippen MR) is 129 cm³/mol. The quantitative estimate of drug-likeness (QED) is 0.461. The van der Waals surface area contributed by atoms with E-state index in [-0.39, 0.29) is 24.3 Å². The zero-order valence-electron chi connectivity index (χ0n) is 17.5. The third-order valence-electron chi connectivity index (χ3n) is 5.31. The molecule has 2 aromatic carbocycles. The first-order chi connectivity index (χ1) is 16.1. The summed E-state index contributed by atoms with van der Waals surface area (Å²) in [5, 5.41) is 6.55. The highest BCUT2D eigenvalue weighted by Crippen LogP contribution is 2.34. The van der Waals surface area contributed by atoms with Crippen molar-refractivity contribution in [1.29, 1.82) is 0 Å². The molecule has 0 atom stereocenters. The summed E-state index contributed by atoms with van der Waals surface area (Å²) in [7, 11) is 0. The number of carbonyl (C=O) groups excluding carboxylic acids is 3. The standard InChI is InChI=1S/C24H20N4O3S2/c29-21-14-28(12-11-25-21)24(31)16-7-5-15(6-8-16)13-26-22(30)19-9-10-20(32-19)23-27-17-3-1-2-4-18(17)33-23/h1-10H,11-14H2,(H,25,29)(H,26,30). The monoisotopic (exact) mass is 476 g/mol. The van der Waals surface area contributed by atoms with Gasteiger partial charge in [0.15, 0.2) is 0 Å². The van der Waals surface area contributed by atoms with Crippen LogP contribution in [0.1, 0.15) is 25.6 Å². The number of rotatable bonds is 5. The summed E-state index contributed by atoms with van der Waals surface area (Å²) in [6, 6.07) is 18.8. The zero-order chi connectivity index (χ0) is 22.8. The van der Waals surface area contributed by atoms with Crippen LogP contribution in [0.2, 0.25) is 0 Å². The van der Waals surface area contributed by atoms with Crippen molar-refractivity contribution < 1.29 is 14.4 Å². The molecule has 0 bridgehead atoms. The van der Waals surface area contributed by atoms with E-state index in [4.69, 9.17) is 0 Å². The number of nitrogens with zero attached hydrogens (tertiary/aromatic N) is 2. The number of fused-ring (bicyclic) bond motifs is 1. The van der Waals surface area contributed by atoms with Crippen LogP contribution in [-0.4, -0.2) is 47.2 Å². The van der Waals surface area contributed by atoms with E-state index in [1.165, 1.54) is 16.2 Å². The topological polar surface area (TPSA) is 91.4 Å². The lowest BCUT2D eigenvalue weighted by Crippen LogP contribution is -2.49. The van der Waals surface area contributed by atoms with Gasteiger partial charge in [-0.3, -0.25) is 14.4 Å². The number of hydrogen-bond donors (Lipinski definition) is 2. The lowest BCUT2D eigenvalue weighted by atomic mass is 10.1. The SMILES string of the molecule is O=C1CN(C(=O)c2ccc(CNC(=O)c3ccc(-c4nc5ccccc5s4)s3)cc2)CCN1. The van der Waals surface area contributed by atoms with Gasteiger partial charge in [0.05, 0.1) is 26.5 Å². The Morgan fingerprint density at radius 1 is 1.03 bits per heavy atom. The largest absolute Gasteiger partial charge is 0.353 e. The first kappa shape index (κ1) is 21.3. The van der Waals surface area contributed by atoms with Gasteiger partial charge >= 0.3 is 0 Å². The van der Waals surface area contributed by atoms with Crippen LogP contribution in [-0.2, 0) is 11.3 Å². The molecule has 0 unspecified atom stereocenters. The summed E-state index contributed by atoms with van der Waals surface area (Å²) < 4.78 is 1.12. The Bertz CT molecular complexity index is 1310. The maximum Gasteiger partial charge on any atom is 0.261 e. The average molecular weight is 477 g/mol. The number of benzene rings is 2. The van der Waals surface area contributed by atoms with Gasteiger partial charge in [-0.25, -0.2) is 4.98 Å². The molecular formula is C24H20N4O3S2. The van der Waals surface area contributed by atoms with Crippen molar-refractivity contribution in [3.8, 4) is 9.88 Å². The van der Waals surface area contributed by atoms with Crippen LogP contribution >= 0.6 is 22.7 Å². The molecule has 2 aromatic heterocycles. The van der Waals surface area contributed by atoms with Crippen molar-refractivity contribution in [2.45, 2.75) is 6.54 Å². The molecule has 166 valence electrons. The van der Waals surface area contributed by atoms with E-state index in [2.05, 4.69) is 15.6 Å². The molecule has 3 amide bonds. The van der Waals surface area contributed by atoms with E-state index >= 15 is 0 Å². The van der Waals surface area contributed by atoms with Crippen LogP contribution in [0, 0.1) is 0 Å². The Morgan fingerprint density at radius 2 is 1.85 bits per heavy atom. The molecular weight excluding hydrogens is 456 g/mol. The number of aromatic nitrogens is 1. The molecule has 4 aromatic rings. The minimum atomic E-state index is -0.165. The minimum absolute atomic E-state index is 0.0798. The lowest BCUT2D eigenvalue weighted by molar-refractivity contribution is -0.123. The molecule has 5 rings (SSSR count). The van der Waals surface area contributed by atoms with Gasteiger partial charge in [0, 0.05) is 25.2 Å². The van der Waals surface area contributed by atoms with Gasteiger partial charge in [0.1, 0.15) is 5.01 Å². The Kier molecular flexibility index (Phi) is 5.89. The molecule has 1 aliphatic rings. The number of carbonyl (C=O) groups is 3. The second-order valence-electron chi connectivity index (χ2n) is 7.61. The molecule has 7 nitrogen and oxygen atoms in total. The smallest absolute Gasteiger partial charge is 0.261 e. The van der Waals surface area contributed by atoms with Gasteiger partial charge in [-0.1, -0.05) is 24.3 Å². The van der Waals surface area contributed by atoms with Crippen molar-refractivity contribution in [3.05, 3.63) is 76.7 Å². The molecule has 1 saturated heterocycles. The Balaban J connectivity index is 1.20. The minimum Gasteiger partial charge on any atom is -0.353 e. The van der Waals surface area contributed by atoms with Gasteiger partial charge in [-0.05, 0) is 42.0 Å². The molecule has 33 heavy (non-hydrogen) atoms. The van der Waals surface area contributed by atoms with Crippen LogP contribution in [0.25, 0.3) is 20.1 Å². The molecule has 1 aliphatic heterocycles. The summed E-state index contributed by atoms with van der Waals surface area (Å²) in [5.74, 6) is -0.456. The maximum absolute atomic E-state index is 12.6. The first-order valence-corrected chi connectivity index (χ1v) is 12.1. The maximum atomic E-state index is 12.6. The van der Waals surface area contributed by atoms with Crippen LogP contribution in [0.3, 0.4) is 0 Å². The third kappa shape index (κ3) is 4.64. The fourth-order valence-electron chi connectivity index (χ4n) is 3.58. The normalized spacial score (nSPS) is 13.7. The lowest BCUT2D eigenvalue weighted by Gasteiger charge is -2.26. The van der Waals surface area contributed by atoms with Gasteiger partial charge in [0.2, 0.25) is 5.91 Å². The number of thiophene rings is 1. The predicted octanol–water partition coefficient (Wildman–Crippen LogP) is 3.53. The summed E-state index contributed by atoms with van der Waals surface area (Å²) in [6.45, 7) is 1.41. The summed E-state index contributed by atoms with van der Waals surface area (Å²) in [4.78, 5) is 44.5. The molecule has 0 radical (unpaired) electrons. The van der Waals surface area contributed by atoms with Crippen molar-refractivity contribution in [2.24, 2.45) is 0 Å².